The van der Waals surface area contributed by atoms with Crippen molar-refractivity contribution < 1.29 is 9.90 Å². The fourth-order valence-electron chi connectivity index (χ4n) is 1.77. The minimum atomic E-state index is -0.862. The molecule has 0 saturated carbocycles. The summed E-state index contributed by atoms with van der Waals surface area (Å²) in [7, 11) is 1.76. The molecule has 0 bridgehead atoms. The van der Waals surface area contributed by atoms with Crippen LogP contribution in [0, 0.1) is 0 Å². The van der Waals surface area contributed by atoms with Gasteiger partial charge in [0.25, 0.3) is 0 Å². The molecule has 94 valence electrons. The zero-order valence-corrected chi connectivity index (χ0v) is 11.3. The monoisotopic (exact) mass is 309 g/mol. The van der Waals surface area contributed by atoms with Gasteiger partial charge in [-0.15, -0.1) is 5.10 Å². The lowest BCUT2D eigenvalue weighted by Crippen LogP contribution is -2.14. The first kappa shape index (κ1) is 12.8. The van der Waals surface area contributed by atoms with Gasteiger partial charge >= 0.3 is 5.97 Å². The van der Waals surface area contributed by atoms with Crippen LogP contribution in [0.3, 0.4) is 0 Å². The summed E-state index contributed by atoms with van der Waals surface area (Å²) in [6, 6.07) is 7.31. The highest BCUT2D eigenvalue weighted by Crippen LogP contribution is 2.23. The fraction of sp³-hybridized carbons (Fsp3) is 0.250. The Morgan fingerprint density at radius 3 is 2.89 bits per heavy atom. The first-order chi connectivity index (χ1) is 8.56. The lowest BCUT2D eigenvalue weighted by molar-refractivity contribution is -0.138. The number of hydrogen-bond acceptors (Lipinski definition) is 3. The molecule has 1 heterocycles. The van der Waals surface area contributed by atoms with E-state index in [0.29, 0.717) is 12.1 Å². The third-order valence-corrected chi connectivity index (χ3v) is 3.11. The third kappa shape index (κ3) is 2.95. The number of aliphatic carboxylic acids is 1. The van der Waals surface area contributed by atoms with Gasteiger partial charge < -0.3 is 5.11 Å². The van der Waals surface area contributed by atoms with Gasteiger partial charge in [-0.2, -0.15) is 0 Å². The van der Waals surface area contributed by atoms with E-state index < -0.39 is 11.9 Å². The number of carboxylic acids is 1. The number of aryl methyl sites for hydroxylation is 1. The predicted octanol–water partition coefficient (Wildman–Crippen LogP) is 1.99. The Hall–Kier alpha value is -1.69. The van der Waals surface area contributed by atoms with Crippen molar-refractivity contribution in [2.45, 2.75) is 12.3 Å². The van der Waals surface area contributed by atoms with Gasteiger partial charge in [-0.1, -0.05) is 33.3 Å². The van der Waals surface area contributed by atoms with Crippen LogP contribution in [0.15, 0.2) is 34.9 Å². The first-order valence-corrected chi connectivity index (χ1v) is 6.19. The van der Waals surface area contributed by atoms with Crippen molar-refractivity contribution in [3.63, 3.8) is 0 Å². The Kier molecular flexibility index (Phi) is 3.76. The van der Waals surface area contributed by atoms with Gasteiger partial charge in [0, 0.05) is 24.1 Å². The van der Waals surface area contributed by atoms with Crippen LogP contribution in [-0.4, -0.2) is 26.1 Å². The second kappa shape index (κ2) is 5.30. The highest BCUT2D eigenvalue weighted by atomic mass is 79.9. The maximum atomic E-state index is 11.4. The Morgan fingerprint density at radius 2 is 2.33 bits per heavy atom. The molecule has 1 aromatic carbocycles. The van der Waals surface area contributed by atoms with Gasteiger partial charge in [-0.3, -0.25) is 9.48 Å². The van der Waals surface area contributed by atoms with Crippen LogP contribution < -0.4 is 0 Å². The molecule has 2 aromatic rings. The van der Waals surface area contributed by atoms with Gasteiger partial charge in [0.1, 0.15) is 0 Å². The Bertz CT molecular complexity index is 568. The van der Waals surface area contributed by atoms with Crippen LogP contribution in [-0.2, 0) is 18.3 Å². The van der Waals surface area contributed by atoms with E-state index in [1.54, 1.807) is 24.0 Å². The summed E-state index contributed by atoms with van der Waals surface area (Å²) in [5, 5.41) is 17.0. The number of halogens is 1. The van der Waals surface area contributed by atoms with Crippen LogP contribution in [0.1, 0.15) is 17.2 Å². The first-order valence-electron chi connectivity index (χ1n) is 5.39. The van der Waals surface area contributed by atoms with Crippen molar-refractivity contribution in [1.82, 2.24) is 15.0 Å². The minimum absolute atomic E-state index is 0.333. The summed E-state index contributed by atoms with van der Waals surface area (Å²) in [5.41, 5.74) is 1.42. The highest BCUT2D eigenvalue weighted by molar-refractivity contribution is 9.10. The molecule has 0 aliphatic rings. The van der Waals surface area contributed by atoms with Crippen LogP contribution in [0.5, 0.6) is 0 Å². The number of carbonyl (C=O) groups is 1. The molecule has 0 aliphatic heterocycles. The molecular formula is C12H12BrN3O2. The molecule has 0 fully saturated rings. The van der Waals surface area contributed by atoms with E-state index in [-0.39, 0.29) is 0 Å². The van der Waals surface area contributed by atoms with Crippen LogP contribution in [0.25, 0.3) is 0 Å². The predicted molar refractivity (Wildman–Crippen MR) is 69.2 cm³/mol. The number of benzene rings is 1. The van der Waals surface area contributed by atoms with E-state index in [4.69, 9.17) is 0 Å². The Morgan fingerprint density at radius 1 is 1.56 bits per heavy atom. The third-order valence-electron chi connectivity index (χ3n) is 2.61. The molecule has 0 radical (unpaired) electrons. The highest BCUT2D eigenvalue weighted by Gasteiger charge is 2.21. The number of rotatable bonds is 4. The van der Waals surface area contributed by atoms with E-state index in [9.17, 15) is 9.90 Å². The summed E-state index contributed by atoms with van der Waals surface area (Å²) in [4.78, 5) is 11.4. The summed E-state index contributed by atoms with van der Waals surface area (Å²) in [6.45, 7) is 0. The van der Waals surface area contributed by atoms with Gasteiger partial charge in [0.15, 0.2) is 0 Å². The fourth-order valence-corrected chi connectivity index (χ4v) is 2.19. The van der Waals surface area contributed by atoms with Crippen LogP contribution >= 0.6 is 15.9 Å². The zero-order chi connectivity index (χ0) is 13.1. The summed E-state index contributed by atoms with van der Waals surface area (Å²) < 4.78 is 2.43. The number of carboxylic acid groups (broad SMARTS) is 1. The summed E-state index contributed by atoms with van der Waals surface area (Å²) in [5.74, 6) is -1.47. The van der Waals surface area contributed by atoms with E-state index >= 15 is 0 Å². The molecule has 0 aliphatic carbocycles. The zero-order valence-electron chi connectivity index (χ0n) is 9.75. The molecule has 5 nitrogen and oxygen atoms in total. The lowest BCUT2D eigenvalue weighted by Gasteiger charge is -2.11. The maximum absolute atomic E-state index is 11.4. The quantitative estimate of drug-likeness (QED) is 0.938. The minimum Gasteiger partial charge on any atom is -0.481 e. The van der Waals surface area contributed by atoms with Crippen molar-refractivity contribution in [2.24, 2.45) is 7.05 Å². The van der Waals surface area contributed by atoms with Crippen molar-refractivity contribution in [1.29, 1.82) is 0 Å². The average Bonchev–Trinajstić information content (AvgIpc) is 2.71. The second-order valence-electron chi connectivity index (χ2n) is 4.03. The Balaban J connectivity index is 2.26. The molecule has 0 amide bonds. The number of hydrogen-bond donors (Lipinski definition) is 1. The van der Waals surface area contributed by atoms with E-state index in [1.807, 2.05) is 18.2 Å². The van der Waals surface area contributed by atoms with E-state index in [0.717, 1.165) is 10.0 Å². The Labute approximate surface area is 113 Å². The van der Waals surface area contributed by atoms with Crippen molar-refractivity contribution in [3.05, 3.63) is 46.2 Å². The molecule has 1 aromatic heterocycles. The van der Waals surface area contributed by atoms with Gasteiger partial charge in [0.05, 0.1) is 11.6 Å². The molecule has 2 rings (SSSR count). The molecule has 1 atom stereocenters. The van der Waals surface area contributed by atoms with Crippen molar-refractivity contribution in [3.8, 4) is 0 Å². The summed E-state index contributed by atoms with van der Waals surface area (Å²) in [6.07, 6.45) is 2.06. The number of aromatic nitrogens is 3. The second-order valence-corrected chi connectivity index (χ2v) is 4.95. The normalized spacial score (nSPS) is 12.3. The van der Waals surface area contributed by atoms with Crippen molar-refractivity contribution >= 4 is 21.9 Å². The van der Waals surface area contributed by atoms with E-state index in [1.165, 1.54) is 0 Å². The molecule has 6 heteroatoms. The molecule has 18 heavy (non-hydrogen) atoms. The molecule has 0 saturated heterocycles. The van der Waals surface area contributed by atoms with Gasteiger partial charge in [-0.05, 0) is 17.7 Å². The van der Waals surface area contributed by atoms with Crippen LogP contribution in [0.4, 0.5) is 0 Å². The van der Waals surface area contributed by atoms with Gasteiger partial charge in [-0.25, -0.2) is 0 Å². The SMILES string of the molecule is Cn1cc(CC(C(=O)O)c2cccc(Br)c2)nn1. The largest absolute Gasteiger partial charge is 0.481 e. The smallest absolute Gasteiger partial charge is 0.311 e. The average molecular weight is 310 g/mol. The number of nitrogens with zero attached hydrogens (tertiary/aromatic N) is 3. The maximum Gasteiger partial charge on any atom is 0.311 e. The molecule has 1 N–H and O–H groups in total. The lowest BCUT2D eigenvalue weighted by atomic mass is 9.95. The molecular weight excluding hydrogens is 298 g/mol. The molecule has 1 unspecified atom stereocenters. The van der Waals surface area contributed by atoms with Crippen molar-refractivity contribution in [2.75, 3.05) is 0 Å². The van der Waals surface area contributed by atoms with E-state index in [2.05, 4.69) is 26.2 Å². The van der Waals surface area contributed by atoms with Crippen LogP contribution in [0.2, 0.25) is 0 Å². The molecule has 0 spiro atoms. The summed E-state index contributed by atoms with van der Waals surface area (Å²) >= 11 is 3.34. The topological polar surface area (TPSA) is 68.0 Å². The standard InChI is InChI=1S/C12H12BrN3O2/c1-16-7-10(14-15-16)6-11(12(17)18)8-3-2-4-9(13)5-8/h2-5,7,11H,6H2,1H3,(H,17,18). The van der Waals surface area contributed by atoms with Gasteiger partial charge in [0.2, 0.25) is 0 Å².